The molecule has 0 radical (unpaired) electrons. The Morgan fingerprint density at radius 1 is 1.29 bits per heavy atom. The number of piperidine rings is 1. The first-order valence-electron chi connectivity index (χ1n) is 6.96. The predicted molar refractivity (Wildman–Crippen MR) is 82.6 cm³/mol. The highest BCUT2D eigenvalue weighted by atomic mass is 32.2. The van der Waals surface area contributed by atoms with E-state index in [4.69, 9.17) is 0 Å². The maximum atomic E-state index is 11.6. The zero-order chi connectivity index (χ0) is 14.9. The zero-order valence-corrected chi connectivity index (χ0v) is 12.7. The van der Waals surface area contributed by atoms with Gasteiger partial charge in [0.05, 0.1) is 23.5 Å². The average Bonchev–Trinajstić information content (AvgIpc) is 2.46. The number of sulfonamides is 1. The van der Waals surface area contributed by atoms with Crippen LogP contribution in [-0.4, -0.2) is 48.1 Å². The molecular formula is C14H18N4O2S. The number of hydrogen-bond acceptors (Lipinski definition) is 5. The van der Waals surface area contributed by atoms with Gasteiger partial charge in [0.25, 0.3) is 0 Å². The summed E-state index contributed by atoms with van der Waals surface area (Å²) >= 11 is 0. The van der Waals surface area contributed by atoms with Gasteiger partial charge in [0.15, 0.2) is 0 Å². The van der Waals surface area contributed by atoms with E-state index in [-0.39, 0.29) is 6.04 Å². The van der Waals surface area contributed by atoms with Crippen molar-refractivity contribution in [1.29, 1.82) is 0 Å². The first-order valence-corrected chi connectivity index (χ1v) is 8.81. The number of rotatable bonds is 3. The highest BCUT2D eigenvalue weighted by molar-refractivity contribution is 7.88. The molecule has 3 rings (SSSR count). The van der Waals surface area contributed by atoms with Crippen molar-refractivity contribution in [3.63, 3.8) is 0 Å². The third kappa shape index (κ3) is 3.30. The second-order valence-electron chi connectivity index (χ2n) is 5.35. The van der Waals surface area contributed by atoms with Crippen LogP contribution < -0.4 is 5.32 Å². The molecular weight excluding hydrogens is 288 g/mol. The molecule has 0 saturated carbocycles. The molecule has 1 aromatic heterocycles. The van der Waals surface area contributed by atoms with Crippen LogP contribution >= 0.6 is 0 Å². The van der Waals surface area contributed by atoms with Gasteiger partial charge in [0.2, 0.25) is 10.0 Å². The largest absolute Gasteiger partial charge is 0.365 e. The van der Waals surface area contributed by atoms with Crippen LogP contribution in [-0.2, 0) is 10.0 Å². The Kier molecular flexibility index (Phi) is 3.77. The summed E-state index contributed by atoms with van der Waals surface area (Å²) in [5.41, 5.74) is 1.68. The lowest BCUT2D eigenvalue weighted by Gasteiger charge is -2.31. The van der Waals surface area contributed by atoms with E-state index in [9.17, 15) is 8.42 Å². The van der Waals surface area contributed by atoms with Crippen LogP contribution in [0.3, 0.4) is 0 Å². The molecule has 1 unspecified atom stereocenters. The van der Waals surface area contributed by atoms with Crippen molar-refractivity contribution in [2.24, 2.45) is 0 Å². The van der Waals surface area contributed by atoms with Crippen LogP contribution in [0.2, 0.25) is 0 Å². The minimum absolute atomic E-state index is 0.0731. The fourth-order valence-electron chi connectivity index (χ4n) is 2.60. The van der Waals surface area contributed by atoms with E-state index in [1.165, 1.54) is 10.6 Å². The van der Waals surface area contributed by atoms with E-state index < -0.39 is 10.0 Å². The number of anilines is 1. The molecule has 21 heavy (non-hydrogen) atoms. The monoisotopic (exact) mass is 306 g/mol. The predicted octanol–water partition coefficient (Wildman–Crippen LogP) is 1.47. The summed E-state index contributed by atoms with van der Waals surface area (Å²) in [6, 6.07) is 7.75. The molecule has 1 aromatic carbocycles. The summed E-state index contributed by atoms with van der Waals surface area (Å²) in [5, 5.41) is 3.30. The lowest BCUT2D eigenvalue weighted by Crippen LogP contribution is -2.44. The van der Waals surface area contributed by atoms with Gasteiger partial charge < -0.3 is 5.32 Å². The number of para-hydroxylation sites is 2. The maximum absolute atomic E-state index is 11.6. The summed E-state index contributed by atoms with van der Waals surface area (Å²) in [6.45, 7) is 1.08. The lowest BCUT2D eigenvalue weighted by molar-refractivity contribution is 0.329. The maximum Gasteiger partial charge on any atom is 0.211 e. The number of aromatic nitrogens is 2. The van der Waals surface area contributed by atoms with E-state index in [0.717, 1.165) is 23.9 Å². The number of hydrogen-bond donors (Lipinski definition) is 1. The molecule has 1 N–H and O–H groups in total. The standard InChI is InChI=1S/C14H18N4O2S/c1-21(19,20)18-8-4-5-11(10-18)16-14-9-15-12-6-2-3-7-13(12)17-14/h2-3,6-7,9,11H,4-5,8,10H2,1H3,(H,16,17). The van der Waals surface area contributed by atoms with Gasteiger partial charge in [-0.15, -0.1) is 0 Å². The van der Waals surface area contributed by atoms with Crippen LogP contribution in [0.4, 0.5) is 5.82 Å². The highest BCUT2D eigenvalue weighted by Crippen LogP contribution is 2.18. The Hall–Kier alpha value is -1.73. The number of fused-ring (bicyclic) bond motifs is 1. The van der Waals surface area contributed by atoms with Gasteiger partial charge in [0, 0.05) is 19.1 Å². The summed E-state index contributed by atoms with van der Waals surface area (Å²) in [5.74, 6) is 0.689. The minimum Gasteiger partial charge on any atom is -0.365 e. The van der Waals surface area contributed by atoms with Crippen molar-refractivity contribution in [3.8, 4) is 0 Å². The number of nitrogens with one attached hydrogen (secondary N) is 1. The Labute approximate surface area is 124 Å². The highest BCUT2D eigenvalue weighted by Gasteiger charge is 2.25. The smallest absolute Gasteiger partial charge is 0.211 e. The SMILES string of the molecule is CS(=O)(=O)N1CCCC(Nc2cnc3ccccc3n2)C1. The van der Waals surface area contributed by atoms with Gasteiger partial charge in [-0.2, -0.15) is 0 Å². The summed E-state index contributed by atoms with van der Waals surface area (Å²) in [4.78, 5) is 8.87. The van der Waals surface area contributed by atoms with Crippen molar-refractivity contribution in [3.05, 3.63) is 30.5 Å². The third-order valence-electron chi connectivity index (χ3n) is 3.65. The van der Waals surface area contributed by atoms with Gasteiger partial charge in [-0.05, 0) is 25.0 Å². The number of benzene rings is 1. The molecule has 1 aliphatic heterocycles. The molecule has 1 atom stereocenters. The van der Waals surface area contributed by atoms with E-state index in [2.05, 4.69) is 15.3 Å². The zero-order valence-electron chi connectivity index (χ0n) is 11.9. The van der Waals surface area contributed by atoms with Crippen molar-refractivity contribution in [2.75, 3.05) is 24.7 Å². The van der Waals surface area contributed by atoms with Gasteiger partial charge in [-0.25, -0.2) is 17.7 Å². The van der Waals surface area contributed by atoms with Crippen LogP contribution in [0, 0.1) is 0 Å². The lowest BCUT2D eigenvalue weighted by atomic mass is 10.1. The van der Waals surface area contributed by atoms with Crippen LogP contribution in [0.1, 0.15) is 12.8 Å². The summed E-state index contributed by atoms with van der Waals surface area (Å²) in [7, 11) is -3.13. The topological polar surface area (TPSA) is 75.2 Å². The Bertz CT molecular complexity index is 747. The first-order chi connectivity index (χ1) is 10.0. The van der Waals surface area contributed by atoms with Crippen molar-refractivity contribution < 1.29 is 8.42 Å². The molecule has 0 bridgehead atoms. The summed E-state index contributed by atoms with van der Waals surface area (Å²) < 4.78 is 24.8. The van der Waals surface area contributed by atoms with E-state index in [1.54, 1.807) is 6.20 Å². The first kappa shape index (κ1) is 14.2. The molecule has 0 spiro atoms. The van der Waals surface area contributed by atoms with Crippen LogP contribution in [0.5, 0.6) is 0 Å². The molecule has 2 heterocycles. The Morgan fingerprint density at radius 3 is 2.81 bits per heavy atom. The van der Waals surface area contributed by atoms with Crippen molar-refractivity contribution in [1.82, 2.24) is 14.3 Å². The van der Waals surface area contributed by atoms with Gasteiger partial charge >= 0.3 is 0 Å². The third-order valence-corrected chi connectivity index (χ3v) is 4.92. The van der Waals surface area contributed by atoms with Gasteiger partial charge in [-0.3, -0.25) is 4.98 Å². The fraction of sp³-hybridized carbons (Fsp3) is 0.429. The molecule has 2 aromatic rings. The molecule has 6 nitrogen and oxygen atoms in total. The van der Waals surface area contributed by atoms with Gasteiger partial charge in [-0.1, -0.05) is 12.1 Å². The molecule has 0 amide bonds. The van der Waals surface area contributed by atoms with Gasteiger partial charge in [0.1, 0.15) is 5.82 Å². The molecule has 1 fully saturated rings. The second-order valence-corrected chi connectivity index (χ2v) is 7.33. The molecule has 1 saturated heterocycles. The average molecular weight is 306 g/mol. The van der Waals surface area contributed by atoms with Crippen LogP contribution in [0.15, 0.2) is 30.5 Å². The fourth-order valence-corrected chi connectivity index (χ4v) is 3.51. The van der Waals surface area contributed by atoms with Crippen molar-refractivity contribution >= 4 is 26.9 Å². The Balaban J connectivity index is 1.75. The minimum atomic E-state index is -3.13. The number of nitrogens with zero attached hydrogens (tertiary/aromatic N) is 3. The second kappa shape index (κ2) is 5.57. The Morgan fingerprint density at radius 2 is 2.05 bits per heavy atom. The molecule has 112 valence electrons. The summed E-state index contributed by atoms with van der Waals surface area (Å²) in [6.07, 6.45) is 4.74. The van der Waals surface area contributed by atoms with E-state index >= 15 is 0 Å². The van der Waals surface area contributed by atoms with E-state index in [0.29, 0.717) is 18.9 Å². The molecule has 7 heteroatoms. The normalized spacial score (nSPS) is 20.5. The quantitative estimate of drug-likeness (QED) is 0.929. The molecule has 0 aliphatic carbocycles. The van der Waals surface area contributed by atoms with Crippen molar-refractivity contribution in [2.45, 2.75) is 18.9 Å². The van der Waals surface area contributed by atoms with Crippen LogP contribution in [0.25, 0.3) is 11.0 Å². The van der Waals surface area contributed by atoms with E-state index in [1.807, 2.05) is 24.3 Å². The molecule has 1 aliphatic rings.